The van der Waals surface area contributed by atoms with E-state index in [9.17, 15) is 9.59 Å². The van der Waals surface area contributed by atoms with Crippen molar-refractivity contribution in [2.75, 3.05) is 6.61 Å². The van der Waals surface area contributed by atoms with E-state index >= 15 is 0 Å². The molecule has 0 saturated heterocycles. The van der Waals surface area contributed by atoms with Gasteiger partial charge in [0.2, 0.25) is 0 Å². The van der Waals surface area contributed by atoms with Crippen molar-refractivity contribution in [2.24, 2.45) is 0 Å². The van der Waals surface area contributed by atoms with Gasteiger partial charge >= 0.3 is 5.97 Å². The molecule has 2 fully saturated rings. The van der Waals surface area contributed by atoms with E-state index in [0.29, 0.717) is 17.6 Å². The number of aromatic nitrogens is 1. The molecule has 0 bridgehead atoms. The Morgan fingerprint density at radius 1 is 0.848 bits per heavy atom. The maximum absolute atomic E-state index is 13.5. The first kappa shape index (κ1) is 22.4. The van der Waals surface area contributed by atoms with Gasteiger partial charge in [-0.25, -0.2) is 4.79 Å². The highest BCUT2D eigenvalue weighted by molar-refractivity contribution is 6.05. The van der Waals surface area contributed by atoms with Gasteiger partial charge in [0.25, 0.3) is 5.91 Å². The first-order chi connectivity index (χ1) is 16.2. The molecular weight excluding hydrogens is 412 g/mol. The van der Waals surface area contributed by atoms with Crippen molar-refractivity contribution in [3.8, 4) is 0 Å². The van der Waals surface area contributed by atoms with Crippen molar-refractivity contribution in [1.29, 1.82) is 0 Å². The lowest BCUT2D eigenvalue weighted by Gasteiger charge is -2.41. The summed E-state index contributed by atoms with van der Waals surface area (Å²) in [5.41, 5.74) is 3.51. The summed E-state index contributed by atoms with van der Waals surface area (Å²) >= 11 is 0. The second kappa shape index (κ2) is 10.2. The molecule has 5 heteroatoms. The molecule has 0 radical (unpaired) electrons. The zero-order valence-electron chi connectivity index (χ0n) is 19.7. The Morgan fingerprint density at radius 3 is 2.18 bits per heavy atom. The summed E-state index contributed by atoms with van der Waals surface area (Å²) < 4.78 is 5.77. The van der Waals surface area contributed by atoms with Crippen LogP contribution in [0.5, 0.6) is 0 Å². The van der Waals surface area contributed by atoms with Crippen molar-refractivity contribution in [2.45, 2.75) is 102 Å². The number of ether oxygens (including phenoxy) is 1. The predicted octanol–water partition coefficient (Wildman–Crippen LogP) is 5.76. The fourth-order valence-corrected chi connectivity index (χ4v) is 6.30. The SMILES string of the molecule is O=C(OCC(=O)N(C1CCCCC1)C1CCCCC1)c1c2c(nc3ccccc13)CCCC2. The molecule has 2 saturated carbocycles. The molecule has 0 atom stereocenters. The van der Waals surface area contributed by atoms with Crippen molar-refractivity contribution in [3.63, 3.8) is 0 Å². The normalized spacial score (nSPS) is 19.8. The van der Waals surface area contributed by atoms with Crippen molar-refractivity contribution < 1.29 is 14.3 Å². The van der Waals surface area contributed by atoms with E-state index in [-0.39, 0.29) is 18.5 Å². The highest BCUT2D eigenvalue weighted by atomic mass is 16.5. The number of para-hydroxylation sites is 1. The van der Waals surface area contributed by atoms with Crippen LogP contribution in [-0.4, -0.2) is 40.5 Å². The second-order valence-electron chi connectivity index (χ2n) is 10.1. The van der Waals surface area contributed by atoms with Crippen LogP contribution in [0.3, 0.4) is 0 Å². The molecule has 1 heterocycles. The van der Waals surface area contributed by atoms with Crippen LogP contribution >= 0.6 is 0 Å². The van der Waals surface area contributed by atoms with E-state index in [2.05, 4.69) is 4.90 Å². The van der Waals surface area contributed by atoms with Crippen LogP contribution in [0.15, 0.2) is 24.3 Å². The van der Waals surface area contributed by atoms with Crippen LogP contribution in [0.1, 0.15) is 98.7 Å². The Bertz CT molecular complexity index is 988. The third-order valence-corrected chi connectivity index (χ3v) is 7.92. The van der Waals surface area contributed by atoms with Crippen LogP contribution in [0.25, 0.3) is 10.9 Å². The number of pyridine rings is 1. The Kier molecular flexibility index (Phi) is 6.93. The van der Waals surface area contributed by atoms with Crippen LogP contribution < -0.4 is 0 Å². The topological polar surface area (TPSA) is 59.5 Å². The average Bonchev–Trinajstić information content (AvgIpc) is 2.87. The lowest BCUT2D eigenvalue weighted by Crippen LogP contribution is -2.50. The molecular formula is C28H36N2O3. The average molecular weight is 449 g/mol. The van der Waals surface area contributed by atoms with Crippen molar-refractivity contribution >= 4 is 22.8 Å². The summed E-state index contributed by atoms with van der Waals surface area (Å²) in [6, 6.07) is 8.42. The summed E-state index contributed by atoms with van der Waals surface area (Å²) in [5, 5.41) is 0.840. The van der Waals surface area contributed by atoms with Gasteiger partial charge in [-0.05, 0) is 63.0 Å². The minimum atomic E-state index is -0.368. The first-order valence-electron chi connectivity index (χ1n) is 13.1. The summed E-state index contributed by atoms with van der Waals surface area (Å²) in [4.78, 5) is 33.8. The number of nitrogens with zero attached hydrogens (tertiary/aromatic N) is 2. The Balaban J connectivity index is 1.36. The molecule has 5 rings (SSSR count). The molecule has 0 spiro atoms. The molecule has 0 N–H and O–H groups in total. The summed E-state index contributed by atoms with van der Waals surface area (Å²) in [6.07, 6.45) is 15.5. The first-order valence-corrected chi connectivity index (χ1v) is 13.1. The van der Waals surface area contributed by atoms with Gasteiger partial charge in [0.15, 0.2) is 6.61 Å². The van der Waals surface area contributed by atoms with Crippen molar-refractivity contribution in [1.82, 2.24) is 9.88 Å². The van der Waals surface area contributed by atoms with E-state index in [1.165, 1.54) is 38.5 Å². The third-order valence-electron chi connectivity index (χ3n) is 7.92. The Labute approximate surface area is 196 Å². The molecule has 3 aliphatic carbocycles. The number of carbonyl (C=O) groups is 2. The standard InChI is InChI=1S/C28H36N2O3/c31-26(30(20-11-3-1-4-12-20)21-13-5-2-6-14-21)19-33-28(32)27-22-15-7-9-17-24(22)29-25-18-10-8-16-23(25)27/h7,9,15,17,20-21H,1-6,8,10-14,16,18-19H2. The predicted molar refractivity (Wildman–Crippen MR) is 129 cm³/mol. The lowest BCUT2D eigenvalue weighted by molar-refractivity contribution is -0.141. The van der Waals surface area contributed by atoms with Gasteiger partial charge in [-0.2, -0.15) is 0 Å². The summed E-state index contributed by atoms with van der Waals surface area (Å²) in [7, 11) is 0. The Morgan fingerprint density at radius 2 is 1.48 bits per heavy atom. The molecule has 2 aromatic rings. The van der Waals surface area contributed by atoms with Crippen LogP contribution in [0.2, 0.25) is 0 Å². The van der Waals surface area contributed by atoms with E-state index in [0.717, 1.165) is 73.5 Å². The molecule has 3 aliphatic rings. The number of aryl methyl sites for hydroxylation is 1. The molecule has 1 amide bonds. The minimum absolute atomic E-state index is 0.00520. The number of rotatable bonds is 5. The van der Waals surface area contributed by atoms with E-state index < -0.39 is 0 Å². The number of fused-ring (bicyclic) bond motifs is 2. The zero-order chi connectivity index (χ0) is 22.6. The van der Waals surface area contributed by atoms with Gasteiger partial charge < -0.3 is 9.64 Å². The number of carbonyl (C=O) groups excluding carboxylic acids is 2. The molecule has 33 heavy (non-hydrogen) atoms. The largest absolute Gasteiger partial charge is 0.452 e. The monoisotopic (exact) mass is 448 g/mol. The molecule has 0 unspecified atom stereocenters. The molecule has 0 aliphatic heterocycles. The van der Waals surface area contributed by atoms with Crippen LogP contribution in [0, 0.1) is 0 Å². The molecule has 176 valence electrons. The Hall–Kier alpha value is -2.43. The van der Waals surface area contributed by atoms with Crippen LogP contribution in [-0.2, 0) is 22.4 Å². The van der Waals surface area contributed by atoms with Gasteiger partial charge in [0.05, 0.1) is 11.1 Å². The maximum atomic E-state index is 13.5. The smallest absolute Gasteiger partial charge is 0.339 e. The fourth-order valence-electron chi connectivity index (χ4n) is 6.30. The maximum Gasteiger partial charge on any atom is 0.339 e. The van der Waals surface area contributed by atoms with Gasteiger partial charge in [-0.3, -0.25) is 9.78 Å². The highest BCUT2D eigenvalue weighted by Crippen LogP contribution is 2.32. The van der Waals surface area contributed by atoms with Crippen LogP contribution in [0.4, 0.5) is 0 Å². The van der Waals surface area contributed by atoms with E-state index in [1.54, 1.807) is 0 Å². The number of benzene rings is 1. The molecule has 5 nitrogen and oxygen atoms in total. The minimum Gasteiger partial charge on any atom is -0.452 e. The van der Waals surface area contributed by atoms with Crippen molar-refractivity contribution in [3.05, 3.63) is 41.1 Å². The van der Waals surface area contributed by atoms with E-state index in [1.807, 2.05) is 24.3 Å². The zero-order valence-corrected chi connectivity index (χ0v) is 19.7. The number of amides is 1. The summed E-state index contributed by atoms with van der Waals surface area (Å²) in [6.45, 7) is -0.155. The van der Waals surface area contributed by atoms with Gasteiger partial charge in [0.1, 0.15) is 0 Å². The second-order valence-corrected chi connectivity index (χ2v) is 10.1. The summed E-state index contributed by atoms with van der Waals surface area (Å²) in [5.74, 6) is -0.373. The van der Waals surface area contributed by atoms with E-state index in [4.69, 9.17) is 9.72 Å². The van der Waals surface area contributed by atoms with Gasteiger partial charge in [-0.15, -0.1) is 0 Å². The molecule has 1 aromatic carbocycles. The highest BCUT2D eigenvalue weighted by Gasteiger charge is 2.33. The number of hydrogen-bond acceptors (Lipinski definition) is 4. The number of esters is 1. The fraction of sp³-hybridized carbons (Fsp3) is 0.607. The third kappa shape index (κ3) is 4.78. The quantitative estimate of drug-likeness (QED) is 0.545. The van der Waals surface area contributed by atoms with Gasteiger partial charge in [-0.1, -0.05) is 56.7 Å². The lowest BCUT2D eigenvalue weighted by atomic mass is 9.88. The number of hydrogen-bond donors (Lipinski definition) is 0. The van der Waals surface area contributed by atoms with Gasteiger partial charge in [0, 0.05) is 23.2 Å². The molecule has 1 aromatic heterocycles.